The van der Waals surface area contributed by atoms with Crippen LogP contribution in [0, 0.1) is 5.82 Å². The molecule has 0 heterocycles. The van der Waals surface area contributed by atoms with Gasteiger partial charge in [0.15, 0.2) is 0 Å². The standard InChI is InChI=1S/C18H15FO2/c1-11-8-12-4-2-3-5-15(12)16(11)9-13-6-7-14(18(20)21)10-17(13)19/h2-7,10H,8-9H2,1H3,(H,20,21). The Bertz CT molecular complexity index is 760. The van der Waals surface area contributed by atoms with E-state index in [1.54, 1.807) is 6.07 Å². The highest BCUT2D eigenvalue weighted by Crippen LogP contribution is 2.35. The summed E-state index contributed by atoms with van der Waals surface area (Å²) >= 11 is 0. The molecule has 0 bridgehead atoms. The average molecular weight is 282 g/mol. The monoisotopic (exact) mass is 282 g/mol. The topological polar surface area (TPSA) is 37.3 Å². The number of aromatic carboxylic acids is 1. The van der Waals surface area contributed by atoms with Crippen LogP contribution >= 0.6 is 0 Å². The minimum absolute atomic E-state index is 0.0197. The predicted octanol–water partition coefficient (Wildman–Crippen LogP) is 4.10. The molecule has 0 aromatic heterocycles. The zero-order chi connectivity index (χ0) is 15.0. The Morgan fingerprint density at radius 2 is 2.00 bits per heavy atom. The molecule has 0 saturated carbocycles. The van der Waals surface area contributed by atoms with Gasteiger partial charge in [0.25, 0.3) is 0 Å². The summed E-state index contributed by atoms with van der Waals surface area (Å²) in [6.45, 7) is 2.07. The van der Waals surface area contributed by atoms with Crippen LogP contribution in [0.1, 0.15) is 34.0 Å². The Morgan fingerprint density at radius 1 is 1.24 bits per heavy atom. The lowest BCUT2D eigenvalue weighted by Crippen LogP contribution is -2.00. The quantitative estimate of drug-likeness (QED) is 0.920. The second-order valence-electron chi connectivity index (χ2n) is 5.38. The molecule has 3 rings (SSSR count). The van der Waals surface area contributed by atoms with Crippen molar-refractivity contribution in [1.82, 2.24) is 0 Å². The maximum absolute atomic E-state index is 14.1. The van der Waals surface area contributed by atoms with Crippen molar-refractivity contribution >= 4 is 11.5 Å². The first-order chi connectivity index (χ1) is 10.1. The largest absolute Gasteiger partial charge is 0.478 e. The van der Waals surface area contributed by atoms with Gasteiger partial charge < -0.3 is 5.11 Å². The van der Waals surface area contributed by atoms with Crippen LogP contribution < -0.4 is 0 Å². The first kappa shape index (κ1) is 13.6. The fourth-order valence-electron chi connectivity index (χ4n) is 2.85. The molecule has 1 aliphatic carbocycles. The van der Waals surface area contributed by atoms with Crippen LogP contribution in [0.3, 0.4) is 0 Å². The summed E-state index contributed by atoms with van der Waals surface area (Å²) < 4.78 is 14.1. The summed E-state index contributed by atoms with van der Waals surface area (Å²) in [5.41, 5.74) is 5.36. The van der Waals surface area contributed by atoms with Crippen molar-refractivity contribution in [2.75, 3.05) is 0 Å². The molecule has 2 aromatic carbocycles. The van der Waals surface area contributed by atoms with Gasteiger partial charge >= 0.3 is 5.97 Å². The Labute approximate surface area is 122 Å². The smallest absolute Gasteiger partial charge is 0.335 e. The third kappa shape index (κ3) is 2.47. The molecule has 0 amide bonds. The van der Waals surface area contributed by atoms with Crippen molar-refractivity contribution < 1.29 is 14.3 Å². The summed E-state index contributed by atoms with van der Waals surface area (Å²) in [6, 6.07) is 12.3. The third-order valence-corrected chi connectivity index (χ3v) is 3.98. The van der Waals surface area contributed by atoms with E-state index in [0.717, 1.165) is 18.1 Å². The summed E-state index contributed by atoms with van der Waals surface area (Å²) in [5, 5.41) is 8.88. The number of carboxylic acid groups (broad SMARTS) is 1. The summed E-state index contributed by atoms with van der Waals surface area (Å²) in [6.07, 6.45) is 1.40. The fraction of sp³-hybridized carbons (Fsp3) is 0.167. The molecule has 1 N–H and O–H groups in total. The van der Waals surface area contributed by atoms with Gasteiger partial charge in [-0.2, -0.15) is 0 Å². The Balaban J connectivity index is 1.94. The van der Waals surface area contributed by atoms with Gasteiger partial charge in [-0.15, -0.1) is 0 Å². The number of allylic oxidation sites excluding steroid dienone is 2. The van der Waals surface area contributed by atoms with Crippen molar-refractivity contribution in [3.05, 3.63) is 76.1 Å². The molecule has 0 aliphatic heterocycles. The van der Waals surface area contributed by atoms with E-state index >= 15 is 0 Å². The molecule has 0 saturated heterocycles. The van der Waals surface area contributed by atoms with Crippen LogP contribution in [-0.4, -0.2) is 11.1 Å². The number of halogens is 1. The second kappa shape index (κ2) is 5.17. The normalized spacial score (nSPS) is 13.4. The molecule has 106 valence electrons. The van der Waals surface area contributed by atoms with Crippen LogP contribution in [0.4, 0.5) is 4.39 Å². The molecule has 0 radical (unpaired) electrons. The van der Waals surface area contributed by atoms with Gasteiger partial charge in [-0.1, -0.05) is 35.9 Å². The van der Waals surface area contributed by atoms with E-state index < -0.39 is 11.8 Å². The highest BCUT2D eigenvalue weighted by Gasteiger charge is 2.19. The van der Waals surface area contributed by atoms with Crippen molar-refractivity contribution in [3.8, 4) is 0 Å². The first-order valence-electron chi connectivity index (χ1n) is 6.85. The van der Waals surface area contributed by atoms with Gasteiger partial charge in [0.2, 0.25) is 0 Å². The number of carboxylic acids is 1. The first-order valence-corrected chi connectivity index (χ1v) is 6.85. The van der Waals surface area contributed by atoms with Crippen molar-refractivity contribution in [2.24, 2.45) is 0 Å². The molecule has 0 unspecified atom stereocenters. The van der Waals surface area contributed by atoms with Gasteiger partial charge in [0.05, 0.1) is 5.56 Å². The van der Waals surface area contributed by atoms with E-state index in [0.29, 0.717) is 12.0 Å². The van der Waals surface area contributed by atoms with Crippen LogP contribution in [0.2, 0.25) is 0 Å². The molecule has 2 nitrogen and oxygen atoms in total. The molecular formula is C18H15FO2. The molecule has 0 fully saturated rings. The van der Waals surface area contributed by atoms with E-state index in [1.807, 2.05) is 12.1 Å². The van der Waals surface area contributed by atoms with E-state index in [9.17, 15) is 9.18 Å². The Morgan fingerprint density at radius 3 is 2.71 bits per heavy atom. The lowest BCUT2D eigenvalue weighted by molar-refractivity contribution is 0.0696. The lowest BCUT2D eigenvalue weighted by Gasteiger charge is -2.09. The SMILES string of the molecule is CC1=C(Cc2ccc(C(=O)O)cc2F)c2ccccc2C1. The third-order valence-electron chi connectivity index (χ3n) is 3.98. The molecule has 3 heteroatoms. The van der Waals surface area contributed by atoms with Crippen LogP contribution in [-0.2, 0) is 12.8 Å². The van der Waals surface area contributed by atoms with Crippen molar-refractivity contribution in [1.29, 1.82) is 0 Å². The Kier molecular flexibility index (Phi) is 3.34. The van der Waals surface area contributed by atoms with Gasteiger partial charge in [0.1, 0.15) is 5.82 Å². The van der Waals surface area contributed by atoms with E-state index in [1.165, 1.54) is 22.8 Å². The minimum atomic E-state index is -1.11. The summed E-state index contributed by atoms with van der Waals surface area (Å²) in [4.78, 5) is 10.8. The van der Waals surface area contributed by atoms with Gasteiger partial charge in [-0.3, -0.25) is 0 Å². The maximum Gasteiger partial charge on any atom is 0.335 e. The average Bonchev–Trinajstić information content (AvgIpc) is 2.77. The number of hydrogen-bond donors (Lipinski definition) is 1. The zero-order valence-electron chi connectivity index (χ0n) is 11.7. The maximum atomic E-state index is 14.1. The highest BCUT2D eigenvalue weighted by atomic mass is 19.1. The lowest BCUT2D eigenvalue weighted by atomic mass is 9.97. The second-order valence-corrected chi connectivity index (χ2v) is 5.38. The molecule has 0 spiro atoms. The van der Waals surface area contributed by atoms with E-state index in [2.05, 4.69) is 19.1 Å². The number of carbonyl (C=O) groups is 1. The predicted molar refractivity (Wildman–Crippen MR) is 79.8 cm³/mol. The summed E-state index contributed by atoms with van der Waals surface area (Å²) in [5.74, 6) is -1.57. The molecule has 1 aliphatic rings. The molecule has 2 aromatic rings. The van der Waals surface area contributed by atoms with E-state index in [4.69, 9.17) is 5.11 Å². The minimum Gasteiger partial charge on any atom is -0.478 e. The summed E-state index contributed by atoms with van der Waals surface area (Å²) in [7, 11) is 0. The van der Waals surface area contributed by atoms with Crippen LogP contribution in [0.25, 0.3) is 5.57 Å². The van der Waals surface area contributed by atoms with Crippen LogP contribution in [0.15, 0.2) is 48.0 Å². The highest BCUT2D eigenvalue weighted by molar-refractivity contribution is 5.87. The molecule has 0 atom stereocenters. The molecular weight excluding hydrogens is 267 g/mol. The van der Waals surface area contributed by atoms with Crippen molar-refractivity contribution in [2.45, 2.75) is 19.8 Å². The Hall–Kier alpha value is -2.42. The number of fused-ring (bicyclic) bond motifs is 1. The number of benzene rings is 2. The van der Waals surface area contributed by atoms with Crippen LogP contribution in [0.5, 0.6) is 0 Å². The molecule has 21 heavy (non-hydrogen) atoms. The van der Waals surface area contributed by atoms with Gasteiger partial charge in [-0.05, 0) is 47.7 Å². The number of rotatable bonds is 3. The van der Waals surface area contributed by atoms with Gasteiger partial charge in [-0.25, -0.2) is 9.18 Å². The van der Waals surface area contributed by atoms with Gasteiger partial charge in [0, 0.05) is 6.42 Å². The van der Waals surface area contributed by atoms with Crippen molar-refractivity contribution in [3.63, 3.8) is 0 Å². The van der Waals surface area contributed by atoms with E-state index in [-0.39, 0.29) is 5.56 Å². The zero-order valence-corrected chi connectivity index (χ0v) is 11.7. The fourth-order valence-corrected chi connectivity index (χ4v) is 2.85. The number of hydrogen-bond acceptors (Lipinski definition) is 1.